The lowest BCUT2D eigenvalue weighted by atomic mass is 10.1. The highest BCUT2D eigenvalue weighted by molar-refractivity contribution is 9.10. The van der Waals surface area contributed by atoms with Crippen LogP contribution in [0.5, 0.6) is 0 Å². The molecule has 2 unspecified atom stereocenters. The first-order valence-electron chi connectivity index (χ1n) is 5.81. The monoisotopic (exact) mass is 387 g/mol. The molecule has 1 nitrogen and oxygen atoms in total. The third-order valence-corrected chi connectivity index (χ3v) is 5.23. The summed E-state index contributed by atoms with van der Waals surface area (Å²) in [6.45, 7) is 4.40. The van der Waals surface area contributed by atoms with Crippen molar-refractivity contribution < 1.29 is 0 Å². The summed E-state index contributed by atoms with van der Waals surface area (Å²) in [4.78, 5) is 1.35. The number of rotatable bonds is 4. The van der Waals surface area contributed by atoms with Crippen molar-refractivity contribution in [3.05, 3.63) is 55.1 Å². The van der Waals surface area contributed by atoms with Gasteiger partial charge in [-0.2, -0.15) is 0 Å². The average molecular weight is 389 g/mol. The minimum absolute atomic E-state index is 0.332. The van der Waals surface area contributed by atoms with Gasteiger partial charge in [0.2, 0.25) is 0 Å². The Balaban J connectivity index is 2.05. The van der Waals surface area contributed by atoms with Crippen LogP contribution in [0.1, 0.15) is 36.4 Å². The van der Waals surface area contributed by atoms with Crippen molar-refractivity contribution in [1.82, 2.24) is 5.32 Å². The Labute approximate surface area is 129 Å². The van der Waals surface area contributed by atoms with Crippen molar-refractivity contribution in [3.8, 4) is 0 Å². The van der Waals surface area contributed by atoms with E-state index in [0.29, 0.717) is 12.1 Å². The van der Waals surface area contributed by atoms with E-state index in [1.807, 2.05) is 0 Å². The van der Waals surface area contributed by atoms with E-state index in [-0.39, 0.29) is 0 Å². The zero-order valence-corrected chi connectivity index (χ0v) is 14.3. The van der Waals surface area contributed by atoms with Crippen LogP contribution < -0.4 is 5.32 Å². The van der Waals surface area contributed by atoms with Crippen molar-refractivity contribution >= 4 is 43.2 Å². The summed E-state index contributed by atoms with van der Waals surface area (Å²) in [7, 11) is 0. The smallest absolute Gasteiger partial charge is 0.0391 e. The predicted octanol–water partition coefficient (Wildman–Crippen LogP) is 5.68. The first-order valence-corrected chi connectivity index (χ1v) is 8.28. The zero-order chi connectivity index (χ0) is 13.1. The molecule has 0 bridgehead atoms. The van der Waals surface area contributed by atoms with Crippen LogP contribution in [0, 0.1) is 0 Å². The van der Waals surface area contributed by atoms with Crippen LogP contribution in [-0.4, -0.2) is 0 Å². The first kappa shape index (κ1) is 14.3. The topological polar surface area (TPSA) is 12.0 Å². The van der Waals surface area contributed by atoms with E-state index in [1.54, 1.807) is 11.3 Å². The highest BCUT2D eigenvalue weighted by Crippen LogP contribution is 2.27. The van der Waals surface area contributed by atoms with Crippen LogP contribution in [0.3, 0.4) is 0 Å². The van der Waals surface area contributed by atoms with E-state index in [0.717, 1.165) is 8.95 Å². The van der Waals surface area contributed by atoms with Crippen LogP contribution in [-0.2, 0) is 0 Å². The molecule has 1 aromatic heterocycles. The molecule has 1 aromatic carbocycles. The SMILES string of the molecule is CC(NC(C)c1cc(Br)cs1)c1cccc(Br)c1. The van der Waals surface area contributed by atoms with Gasteiger partial charge >= 0.3 is 0 Å². The molecule has 0 amide bonds. The summed E-state index contributed by atoms with van der Waals surface area (Å²) in [5.41, 5.74) is 1.30. The molecule has 0 aliphatic rings. The van der Waals surface area contributed by atoms with E-state index in [2.05, 4.69) is 86.7 Å². The first-order chi connectivity index (χ1) is 8.56. The molecule has 2 atom stereocenters. The largest absolute Gasteiger partial charge is 0.303 e. The van der Waals surface area contributed by atoms with Gasteiger partial charge in [0.1, 0.15) is 0 Å². The molecule has 1 heterocycles. The maximum absolute atomic E-state index is 3.62. The summed E-state index contributed by atoms with van der Waals surface area (Å²) in [6.07, 6.45) is 0. The van der Waals surface area contributed by atoms with Crippen molar-refractivity contribution in [1.29, 1.82) is 0 Å². The lowest BCUT2D eigenvalue weighted by molar-refractivity contribution is 0.500. The Morgan fingerprint density at radius 2 is 1.83 bits per heavy atom. The molecule has 0 saturated carbocycles. The van der Waals surface area contributed by atoms with Gasteiger partial charge in [0.25, 0.3) is 0 Å². The van der Waals surface area contributed by atoms with Crippen LogP contribution >= 0.6 is 43.2 Å². The Bertz CT molecular complexity index is 524. The van der Waals surface area contributed by atoms with Gasteiger partial charge in [-0.1, -0.05) is 28.1 Å². The fourth-order valence-corrected chi connectivity index (χ4v) is 3.76. The fourth-order valence-electron chi connectivity index (χ4n) is 1.88. The maximum atomic E-state index is 3.62. The molecule has 0 radical (unpaired) electrons. The minimum atomic E-state index is 0.332. The number of halogens is 2. The molecule has 0 spiro atoms. The maximum Gasteiger partial charge on any atom is 0.0391 e. The number of hydrogen-bond donors (Lipinski definition) is 1. The van der Waals surface area contributed by atoms with Gasteiger partial charge in [0, 0.05) is 31.3 Å². The lowest BCUT2D eigenvalue weighted by Crippen LogP contribution is -2.21. The standard InChI is InChI=1S/C14H15Br2NS/c1-9(11-4-3-5-12(15)6-11)17-10(2)14-7-13(16)8-18-14/h3-10,17H,1-2H3. The predicted molar refractivity (Wildman–Crippen MR) is 86.1 cm³/mol. The highest BCUT2D eigenvalue weighted by atomic mass is 79.9. The quantitative estimate of drug-likeness (QED) is 0.709. The Morgan fingerprint density at radius 3 is 2.44 bits per heavy atom. The van der Waals surface area contributed by atoms with Gasteiger partial charge in [-0.15, -0.1) is 11.3 Å². The highest BCUT2D eigenvalue weighted by Gasteiger charge is 2.12. The summed E-state index contributed by atoms with van der Waals surface area (Å²) in [6, 6.07) is 11.3. The molecule has 0 aliphatic heterocycles. The molecule has 18 heavy (non-hydrogen) atoms. The minimum Gasteiger partial charge on any atom is -0.303 e. The van der Waals surface area contributed by atoms with Gasteiger partial charge in [-0.05, 0) is 53.5 Å². The summed E-state index contributed by atoms with van der Waals surface area (Å²) < 4.78 is 2.28. The molecular weight excluding hydrogens is 374 g/mol. The molecule has 0 fully saturated rings. The number of benzene rings is 1. The third kappa shape index (κ3) is 3.67. The van der Waals surface area contributed by atoms with Crippen molar-refractivity contribution in [2.75, 3.05) is 0 Å². The van der Waals surface area contributed by atoms with Gasteiger partial charge in [-0.25, -0.2) is 0 Å². The second-order valence-electron chi connectivity index (χ2n) is 4.33. The molecule has 4 heteroatoms. The van der Waals surface area contributed by atoms with Crippen LogP contribution in [0.2, 0.25) is 0 Å². The second kappa shape index (κ2) is 6.33. The molecule has 0 saturated heterocycles. The lowest BCUT2D eigenvalue weighted by Gasteiger charge is -2.19. The van der Waals surface area contributed by atoms with E-state index >= 15 is 0 Å². The van der Waals surface area contributed by atoms with E-state index in [1.165, 1.54) is 10.4 Å². The van der Waals surface area contributed by atoms with Crippen LogP contribution in [0.25, 0.3) is 0 Å². The van der Waals surface area contributed by atoms with E-state index in [4.69, 9.17) is 0 Å². The van der Waals surface area contributed by atoms with Crippen molar-refractivity contribution in [2.45, 2.75) is 25.9 Å². The van der Waals surface area contributed by atoms with Gasteiger partial charge in [0.05, 0.1) is 0 Å². The van der Waals surface area contributed by atoms with Crippen LogP contribution in [0.4, 0.5) is 0 Å². The number of hydrogen-bond acceptors (Lipinski definition) is 2. The summed E-state index contributed by atoms with van der Waals surface area (Å²) in [5, 5.41) is 5.74. The van der Waals surface area contributed by atoms with E-state index < -0.39 is 0 Å². The Hall–Kier alpha value is -0.160. The van der Waals surface area contributed by atoms with Crippen LogP contribution in [0.15, 0.2) is 44.7 Å². The molecule has 2 aromatic rings. The Kier molecular flexibility index (Phi) is 5.01. The number of thiophene rings is 1. The average Bonchev–Trinajstić information content (AvgIpc) is 2.76. The van der Waals surface area contributed by atoms with Crippen molar-refractivity contribution in [2.24, 2.45) is 0 Å². The molecule has 2 rings (SSSR count). The third-order valence-electron chi connectivity index (χ3n) is 2.86. The van der Waals surface area contributed by atoms with Gasteiger partial charge in [-0.3, -0.25) is 0 Å². The molecular formula is C14H15Br2NS. The summed E-state index contributed by atoms with van der Waals surface area (Å²) >= 11 is 8.79. The molecule has 96 valence electrons. The fraction of sp³-hybridized carbons (Fsp3) is 0.286. The zero-order valence-electron chi connectivity index (χ0n) is 10.3. The number of nitrogens with one attached hydrogen (secondary N) is 1. The Morgan fingerprint density at radius 1 is 1.06 bits per heavy atom. The van der Waals surface area contributed by atoms with Crippen molar-refractivity contribution in [3.63, 3.8) is 0 Å². The molecule has 1 N–H and O–H groups in total. The summed E-state index contributed by atoms with van der Waals surface area (Å²) in [5.74, 6) is 0. The normalized spacial score (nSPS) is 14.4. The van der Waals surface area contributed by atoms with E-state index in [9.17, 15) is 0 Å². The van der Waals surface area contributed by atoms with Gasteiger partial charge < -0.3 is 5.32 Å². The second-order valence-corrected chi connectivity index (χ2v) is 7.11. The molecule has 0 aliphatic carbocycles. The van der Waals surface area contributed by atoms with Gasteiger partial charge in [0.15, 0.2) is 0 Å².